The fraction of sp³-hybridized carbons (Fsp3) is 0.158. The first-order chi connectivity index (χ1) is 13.1. The molecule has 0 saturated heterocycles. The SMILES string of the molecule is CCOC(=O)Nc1nc2cc(-c3n[nH]c(=O)c4ccccc34)c(C)cc2[nH]1. The predicted octanol–water partition coefficient (Wildman–Crippen LogP) is 3.34. The summed E-state index contributed by atoms with van der Waals surface area (Å²) in [4.78, 5) is 31.1. The molecule has 27 heavy (non-hydrogen) atoms. The number of aromatic nitrogens is 4. The van der Waals surface area contributed by atoms with E-state index in [1.54, 1.807) is 13.0 Å². The molecule has 3 N–H and O–H groups in total. The number of nitrogens with zero attached hydrogens (tertiary/aromatic N) is 2. The Morgan fingerprint density at radius 3 is 2.78 bits per heavy atom. The number of rotatable bonds is 3. The van der Waals surface area contributed by atoms with Crippen molar-refractivity contribution in [2.45, 2.75) is 13.8 Å². The van der Waals surface area contributed by atoms with Gasteiger partial charge >= 0.3 is 6.09 Å². The summed E-state index contributed by atoms with van der Waals surface area (Å²) in [5.41, 5.74) is 3.69. The van der Waals surface area contributed by atoms with E-state index in [0.717, 1.165) is 22.0 Å². The molecule has 2 aromatic heterocycles. The summed E-state index contributed by atoms with van der Waals surface area (Å²) in [6.07, 6.45) is -0.568. The third-order valence-corrected chi connectivity index (χ3v) is 4.28. The van der Waals surface area contributed by atoms with Gasteiger partial charge in [0, 0.05) is 10.9 Å². The van der Waals surface area contributed by atoms with Crippen LogP contribution in [0.1, 0.15) is 12.5 Å². The summed E-state index contributed by atoms with van der Waals surface area (Å²) in [7, 11) is 0. The van der Waals surface area contributed by atoms with Crippen molar-refractivity contribution in [3.05, 3.63) is 52.3 Å². The molecule has 4 rings (SSSR count). The molecule has 2 aromatic carbocycles. The molecule has 8 heteroatoms. The Morgan fingerprint density at radius 2 is 2.00 bits per heavy atom. The molecule has 1 amide bonds. The van der Waals surface area contributed by atoms with E-state index in [-0.39, 0.29) is 12.2 Å². The third-order valence-electron chi connectivity index (χ3n) is 4.28. The molecule has 2 heterocycles. The van der Waals surface area contributed by atoms with Gasteiger partial charge in [0.1, 0.15) is 0 Å². The number of hydrogen-bond donors (Lipinski definition) is 3. The Morgan fingerprint density at radius 1 is 1.22 bits per heavy atom. The Balaban J connectivity index is 1.84. The van der Waals surface area contributed by atoms with Gasteiger partial charge in [-0.25, -0.2) is 14.9 Å². The van der Waals surface area contributed by atoms with Crippen LogP contribution in [0.25, 0.3) is 33.1 Å². The molecule has 0 aliphatic rings. The topological polar surface area (TPSA) is 113 Å². The van der Waals surface area contributed by atoms with Crippen LogP contribution in [0.15, 0.2) is 41.2 Å². The molecule has 136 valence electrons. The third kappa shape index (κ3) is 3.01. The van der Waals surface area contributed by atoms with Crippen molar-refractivity contribution in [1.82, 2.24) is 20.2 Å². The summed E-state index contributed by atoms with van der Waals surface area (Å²) in [5.74, 6) is 0.305. The van der Waals surface area contributed by atoms with Crippen molar-refractivity contribution in [3.63, 3.8) is 0 Å². The lowest BCUT2D eigenvalue weighted by Gasteiger charge is -2.08. The number of imidazole rings is 1. The zero-order valence-electron chi connectivity index (χ0n) is 14.8. The molecule has 0 radical (unpaired) electrons. The van der Waals surface area contributed by atoms with Crippen molar-refractivity contribution in [2.75, 3.05) is 11.9 Å². The van der Waals surface area contributed by atoms with Crippen LogP contribution in [0.4, 0.5) is 10.7 Å². The summed E-state index contributed by atoms with van der Waals surface area (Å²) in [5, 5.41) is 10.7. The second-order valence-electron chi connectivity index (χ2n) is 6.06. The molecule has 0 saturated carbocycles. The number of benzene rings is 2. The summed E-state index contributed by atoms with van der Waals surface area (Å²) in [6, 6.07) is 11.1. The van der Waals surface area contributed by atoms with Gasteiger partial charge in [-0.2, -0.15) is 5.10 Å². The Bertz CT molecular complexity index is 1230. The molecule has 0 aliphatic heterocycles. The fourth-order valence-electron chi connectivity index (χ4n) is 3.06. The van der Waals surface area contributed by atoms with E-state index in [9.17, 15) is 9.59 Å². The number of aryl methyl sites for hydroxylation is 1. The van der Waals surface area contributed by atoms with Crippen molar-refractivity contribution in [2.24, 2.45) is 0 Å². The Hall–Kier alpha value is -3.68. The van der Waals surface area contributed by atoms with Crippen molar-refractivity contribution in [1.29, 1.82) is 0 Å². The van der Waals surface area contributed by atoms with Gasteiger partial charge in [0.05, 0.1) is 28.7 Å². The standard InChI is InChI=1S/C19H17N5O3/c1-3-27-19(26)22-18-20-14-8-10(2)13(9-15(14)21-18)16-11-6-4-5-7-12(11)17(25)24-23-16/h4-9H,3H2,1-2H3,(H,24,25)(H2,20,21,22,26). The van der Waals surface area contributed by atoms with Gasteiger partial charge in [-0.1, -0.05) is 18.2 Å². The van der Waals surface area contributed by atoms with Crippen LogP contribution in [-0.2, 0) is 4.74 Å². The van der Waals surface area contributed by atoms with Gasteiger partial charge in [-0.15, -0.1) is 0 Å². The zero-order chi connectivity index (χ0) is 19.0. The first-order valence-corrected chi connectivity index (χ1v) is 8.48. The van der Waals surface area contributed by atoms with E-state index >= 15 is 0 Å². The maximum Gasteiger partial charge on any atom is 0.413 e. The maximum atomic E-state index is 12.0. The van der Waals surface area contributed by atoms with Gasteiger partial charge in [-0.3, -0.25) is 10.1 Å². The highest BCUT2D eigenvalue weighted by Gasteiger charge is 2.14. The summed E-state index contributed by atoms with van der Waals surface area (Å²) < 4.78 is 4.86. The van der Waals surface area contributed by atoms with E-state index in [0.29, 0.717) is 22.5 Å². The Labute approximate surface area is 153 Å². The number of carbonyl (C=O) groups is 1. The number of hydrogen-bond acceptors (Lipinski definition) is 5. The smallest absolute Gasteiger partial charge is 0.413 e. The molecule has 0 bridgehead atoms. The summed E-state index contributed by atoms with van der Waals surface area (Å²) in [6.45, 7) is 3.96. The number of H-pyrrole nitrogens is 2. The molecule has 4 aromatic rings. The number of anilines is 1. The van der Waals surface area contributed by atoms with Crippen LogP contribution < -0.4 is 10.9 Å². The first kappa shape index (κ1) is 16.8. The number of nitrogens with one attached hydrogen (secondary N) is 3. The van der Waals surface area contributed by atoms with Crippen LogP contribution in [0.5, 0.6) is 0 Å². The van der Waals surface area contributed by atoms with E-state index in [4.69, 9.17) is 4.74 Å². The first-order valence-electron chi connectivity index (χ1n) is 8.48. The van der Waals surface area contributed by atoms with Crippen LogP contribution in [-0.4, -0.2) is 32.9 Å². The molecule has 0 unspecified atom stereocenters. The lowest BCUT2D eigenvalue weighted by atomic mass is 10.0. The minimum Gasteiger partial charge on any atom is -0.450 e. The zero-order valence-corrected chi connectivity index (χ0v) is 14.8. The number of aromatic amines is 2. The predicted molar refractivity (Wildman–Crippen MR) is 103 cm³/mol. The van der Waals surface area contributed by atoms with Crippen molar-refractivity contribution < 1.29 is 9.53 Å². The second-order valence-corrected chi connectivity index (χ2v) is 6.06. The molecule has 0 atom stereocenters. The molecular weight excluding hydrogens is 346 g/mol. The molecule has 0 spiro atoms. The second kappa shape index (κ2) is 6.56. The number of carbonyl (C=O) groups excluding carboxylic acids is 1. The van der Waals surface area contributed by atoms with Crippen LogP contribution in [0.3, 0.4) is 0 Å². The summed E-state index contributed by atoms with van der Waals surface area (Å²) >= 11 is 0. The minimum atomic E-state index is -0.568. The highest BCUT2D eigenvalue weighted by molar-refractivity contribution is 5.97. The van der Waals surface area contributed by atoms with Gasteiger partial charge in [0.15, 0.2) is 0 Å². The monoisotopic (exact) mass is 363 g/mol. The number of amides is 1. The van der Waals surface area contributed by atoms with Crippen LogP contribution in [0.2, 0.25) is 0 Å². The Kier molecular flexibility index (Phi) is 4.08. The minimum absolute atomic E-state index is 0.228. The maximum absolute atomic E-state index is 12.0. The highest BCUT2D eigenvalue weighted by atomic mass is 16.5. The van der Waals surface area contributed by atoms with Gasteiger partial charge in [-0.05, 0) is 37.6 Å². The molecule has 8 nitrogen and oxygen atoms in total. The van der Waals surface area contributed by atoms with Crippen LogP contribution >= 0.6 is 0 Å². The van der Waals surface area contributed by atoms with E-state index in [2.05, 4.69) is 25.5 Å². The van der Waals surface area contributed by atoms with Gasteiger partial charge < -0.3 is 9.72 Å². The van der Waals surface area contributed by atoms with Crippen LogP contribution in [0, 0.1) is 6.92 Å². The molecule has 0 fully saturated rings. The largest absolute Gasteiger partial charge is 0.450 e. The highest BCUT2D eigenvalue weighted by Crippen LogP contribution is 2.30. The van der Waals surface area contributed by atoms with Gasteiger partial charge in [0.2, 0.25) is 5.95 Å². The average molecular weight is 363 g/mol. The molecular formula is C19H17N5O3. The van der Waals surface area contributed by atoms with Crippen molar-refractivity contribution in [3.8, 4) is 11.3 Å². The average Bonchev–Trinajstić information content (AvgIpc) is 3.03. The van der Waals surface area contributed by atoms with Gasteiger partial charge in [0.25, 0.3) is 5.56 Å². The van der Waals surface area contributed by atoms with E-state index in [1.165, 1.54) is 0 Å². The number of ether oxygens (including phenoxy) is 1. The number of fused-ring (bicyclic) bond motifs is 2. The normalized spacial score (nSPS) is 11.0. The van der Waals surface area contributed by atoms with Crippen molar-refractivity contribution >= 4 is 33.8 Å². The lowest BCUT2D eigenvalue weighted by molar-refractivity contribution is 0.167. The fourth-order valence-corrected chi connectivity index (χ4v) is 3.06. The van der Waals surface area contributed by atoms with E-state index < -0.39 is 6.09 Å². The molecule has 0 aliphatic carbocycles. The van der Waals surface area contributed by atoms with E-state index in [1.807, 2.05) is 37.3 Å². The quantitative estimate of drug-likeness (QED) is 0.517. The lowest BCUT2D eigenvalue weighted by Crippen LogP contribution is -2.14.